The van der Waals surface area contributed by atoms with Gasteiger partial charge in [-0.2, -0.15) is 0 Å². The van der Waals surface area contributed by atoms with Crippen molar-refractivity contribution in [3.05, 3.63) is 36.5 Å². The molecule has 0 aliphatic rings. The molecule has 0 saturated carbocycles. The number of hydrogen-bond donors (Lipinski definition) is 4. The maximum atomic E-state index is 8.73. The van der Waals surface area contributed by atoms with Crippen molar-refractivity contribution in [2.45, 2.75) is 0 Å². The third-order valence-corrected chi connectivity index (χ3v) is 1.61. The first-order valence-electron chi connectivity index (χ1n) is 4.47. The van der Waals surface area contributed by atoms with Crippen molar-refractivity contribution in [2.24, 2.45) is 0 Å². The Hall–Kier alpha value is -2.50. The fourth-order valence-corrected chi connectivity index (χ4v) is 0.878. The number of aromatic nitrogens is 2. The zero-order chi connectivity index (χ0) is 12.0. The summed E-state index contributed by atoms with van der Waals surface area (Å²) in [5.74, 6) is 1.13. The molecule has 0 aliphatic carbocycles. The first-order chi connectivity index (χ1) is 7.59. The summed E-state index contributed by atoms with van der Waals surface area (Å²) in [4.78, 5) is 7.34. The lowest BCUT2D eigenvalue weighted by Gasteiger charge is -1.91. The maximum Gasteiger partial charge on any atom is 0.165 e. The zero-order valence-electron chi connectivity index (χ0n) is 8.54. The van der Waals surface area contributed by atoms with E-state index in [1.807, 2.05) is 0 Å². The Morgan fingerprint density at radius 2 is 1.56 bits per heavy atom. The lowest BCUT2D eigenvalue weighted by atomic mass is 10.4. The monoisotopic (exact) mass is 219 g/mol. The van der Waals surface area contributed by atoms with Crippen LogP contribution in [0.15, 0.2) is 36.5 Å². The third-order valence-electron chi connectivity index (χ3n) is 1.61. The smallest absolute Gasteiger partial charge is 0.165 e. The highest BCUT2D eigenvalue weighted by Crippen LogP contribution is 2.12. The van der Waals surface area contributed by atoms with Gasteiger partial charge in [-0.3, -0.25) is 0 Å². The second-order valence-electron chi connectivity index (χ2n) is 2.90. The Morgan fingerprint density at radius 3 is 1.88 bits per heavy atom. The van der Waals surface area contributed by atoms with Gasteiger partial charge >= 0.3 is 0 Å². The fourth-order valence-electron chi connectivity index (χ4n) is 0.878. The predicted molar refractivity (Wildman–Crippen MR) is 63.4 cm³/mol. The van der Waals surface area contributed by atoms with Crippen LogP contribution in [0.3, 0.4) is 0 Å². The van der Waals surface area contributed by atoms with Crippen molar-refractivity contribution in [3.63, 3.8) is 0 Å². The van der Waals surface area contributed by atoms with E-state index in [-0.39, 0.29) is 11.6 Å². The molecule has 84 valence electrons. The molecule has 0 spiro atoms. The van der Waals surface area contributed by atoms with Gasteiger partial charge in [0, 0.05) is 6.20 Å². The van der Waals surface area contributed by atoms with Gasteiger partial charge in [0.05, 0.1) is 0 Å². The Labute approximate surface area is 92.7 Å². The SMILES string of the molecule is Nc1cccc(N)n1.Nc1ncccc1O. The maximum absolute atomic E-state index is 8.73. The number of nitrogens with zero attached hydrogens (tertiary/aromatic N) is 2. The summed E-state index contributed by atoms with van der Waals surface area (Å²) in [5.41, 5.74) is 15.7. The molecule has 2 heterocycles. The standard InChI is InChI=1S/C5H7N3.C5H6N2O/c6-4-2-1-3-5(7)8-4;6-5-4(8)2-1-3-7-5/h1-3H,(H4,6,7,8);1-3,8H,(H2,6,7). The average Bonchev–Trinajstić information content (AvgIpc) is 2.23. The number of pyridine rings is 2. The van der Waals surface area contributed by atoms with Crippen LogP contribution in [-0.4, -0.2) is 15.1 Å². The summed E-state index contributed by atoms with van der Waals surface area (Å²) in [6.07, 6.45) is 1.52. The largest absolute Gasteiger partial charge is 0.504 e. The predicted octanol–water partition coefficient (Wildman–Crippen LogP) is 0.615. The lowest BCUT2D eigenvalue weighted by Crippen LogP contribution is -1.93. The first-order valence-corrected chi connectivity index (χ1v) is 4.47. The Balaban J connectivity index is 0.000000160. The van der Waals surface area contributed by atoms with Gasteiger partial charge in [-0.25, -0.2) is 9.97 Å². The first kappa shape index (κ1) is 11.6. The van der Waals surface area contributed by atoms with Gasteiger partial charge in [-0.1, -0.05) is 6.07 Å². The summed E-state index contributed by atoms with van der Waals surface area (Å²) in [6, 6.07) is 8.25. The van der Waals surface area contributed by atoms with E-state index in [0.717, 1.165) is 0 Å². The molecule has 0 aliphatic heterocycles. The van der Waals surface area contributed by atoms with Crippen LogP contribution in [0.4, 0.5) is 17.5 Å². The highest BCUT2D eigenvalue weighted by Gasteiger charge is 1.89. The van der Waals surface area contributed by atoms with E-state index < -0.39 is 0 Å². The molecule has 0 aromatic carbocycles. The van der Waals surface area contributed by atoms with Gasteiger partial charge in [-0.15, -0.1) is 0 Å². The van der Waals surface area contributed by atoms with Crippen LogP contribution in [0.5, 0.6) is 5.75 Å². The van der Waals surface area contributed by atoms with Crippen LogP contribution in [0.1, 0.15) is 0 Å². The van der Waals surface area contributed by atoms with Crippen molar-refractivity contribution in [1.82, 2.24) is 9.97 Å². The molecular weight excluding hydrogens is 206 g/mol. The molecule has 2 rings (SSSR count). The number of hydrogen-bond acceptors (Lipinski definition) is 6. The zero-order valence-corrected chi connectivity index (χ0v) is 8.54. The van der Waals surface area contributed by atoms with E-state index >= 15 is 0 Å². The Bertz CT molecular complexity index is 422. The molecule has 0 saturated heterocycles. The van der Waals surface area contributed by atoms with Crippen LogP contribution in [0.25, 0.3) is 0 Å². The van der Waals surface area contributed by atoms with Gasteiger partial charge in [0.15, 0.2) is 11.6 Å². The van der Waals surface area contributed by atoms with E-state index in [9.17, 15) is 0 Å². The fraction of sp³-hybridized carbons (Fsp3) is 0. The number of rotatable bonds is 0. The number of nitrogens with two attached hydrogens (primary N) is 3. The van der Waals surface area contributed by atoms with E-state index in [2.05, 4.69) is 9.97 Å². The number of nitrogen functional groups attached to an aromatic ring is 3. The highest BCUT2D eigenvalue weighted by atomic mass is 16.3. The molecular formula is C10H13N5O. The van der Waals surface area contributed by atoms with E-state index in [0.29, 0.717) is 11.6 Å². The van der Waals surface area contributed by atoms with Crippen LogP contribution in [0, 0.1) is 0 Å². The molecule has 16 heavy (non-hydrogen) atoms. The molecule has 7 N–H and O–H groups in total. The van der Waals surface area contributed by atoms with Crippen LogP contribution in [0.2, 0.25) is 0 Å². The molecule has 2 aromatic heterocycles. The molecule has 0 atom stereocenters. The van der Waals surface area contributed by atoms with Gasteiger partial charge in [0.25, 0.3) is 0 Å². The molecule has 0 radical (unpaired) electrons. The van der Waals surface area contributed by atoms with E-state index in [4.69, 9.17) is 22.3 Å². The van der Waals surface area contributed by atoms with Gasteiger partial charge < -0.3 is 22.3 Å². The van der Waals surface area contributed by atoms with Gasteiger partial charge in [0.2, 0.25) is 0 Å². The minimum atomic E-state index is 0.0347. The lowest BCUT2D eigenvalue weighted by molar-refractivity contribution is 0.476. The molecule has 6 heteroatoms. The van der Waals surface area contributed by atoms with Crippen molar-refractivity contribution < 1.29 is 5.11 Å². The Morgan fingerprint density at radius 1 is 0.938 bits per heavy atom. The topological polar surface area (TPSA) is 124 Å². The van der Waals surface area contributed by atoms with Crippen molar-refractivity contribution in [3.8, 4) is 5.75 Å². The molecule has 0 amide bonds. The number of aromatic hydroxyl groups is 1. The summed E-state index contributed by atoms with van der Waals surface area (Å²) in [5, 5.41) is 8.73. The summed E-state index contributed by atoms with van der Waals surface area (Å²) >= 11 is 0. The number of anilines is 3. The second kappa shape index (κ2) is 5.40. The molecule has 6 nitrogen and oxygen atoms in total. The van der Waals surface area contributed by atoms with E-state index in [1.165, 1.54) is 12.3 Å². The molecule has 2 aromatic rings. The minimum Gasteiger partial charge on any atom is -0.504 e. The van der Waals surface area contributed by atoms with Gasteiger partial charge in [0.1, 0.15) is 11.6 Å². The summed E-state index contributed by atoms with van der Waals surface area (Å²) in [6.45, 7) is 0. The van der Waals surface area contributed by atoms with E-state index in [1.54, 1.807) is 24.3 Å². The van der Waals surface area contributed by atoms with Crippen molar-refractivity contribution in [2.75, 3.05) is 17.2 Å². The van der Waals surface area contributed by atoms with Crippen LogP contribution in [-0.2, 0) is 0 Å². The van der Waals surface area contributed by atoms with Crippen LogP contribution < -0.4 is 17.2 Å². The summed E-state index contributed by atoms with van der Waals surface area (Å²) in [7, 11) is 0. The summed E-state index contributed by atoms with van der Waals surface area (Å²) < 4.78 is 0. The van der Waals surface area contributed by atoms with Crippen LogP contribution >= 0.6 is 0 Å². The second-order valence-corrected chi connectivity index (χ2v) is 2.90. The normalized spacial score (nSPS) is 9.00. The highest BCUT2D eigenvalue weighted by molar-refractivity contribution is 5.43. The van der Waals surface area contributed by atoms with Crippen molar-refractivity contribution in [1.29, 1.82) is 0 Å². The average molecular weight is 219 g/mol. The van der Waals surface area contributed by atoms with Crippen molar-refractivity contribution >= 4 is 17.5 Å². The van der Waals surface area contributed by atoms with Gasteiger partial charge in [-0.05, 0) is 24.3 Å². The quantitative estimate of drug-likeness (QED) is 0.514. The third kappa shape index (κ3) is 3.70. The minimum absolute atomic E-state index is 0.0347. The molecule has 0 bridgehead atoms. The molecule has 0 unspecified atom stereocenters. The Kier molecular flexibility index (Phi) is 3.90. The molecule has 0 fully saturated rings.